The number of hydrogen-bond acceptors (Lipinski definition) is 3. The summed E-state index contributed by atoms with van der Waals surface area (Å²) in [4.78, 5) is 0.675. The predicted octanol–water partition coefficient (Wildman–Crippen LogP) is 3.07. The molecule has 0 saturated heterocycles. The van der Waals surface area contributed by atoms with Crippen LogP contribution in [0.5, 0.6) is 0 Å². The second kappa shape index (κ2) is 5.89. The van der Waals surface area contributed by atoms with Crippen LogP contribution in [0, 0.1) is 25.2 Å². The monoisotopic (exact) mass is 284 g/mol. The predicted molar refractivity (Wildman–Crippen MR) is 81.6 cm³/mol. The Balaban J connectivity index is 2.28. The Morgan fingerprint density at radius 1 is 1.20 bits per heavy atom. The molecule has 0 fully saturated rings. The van der Waals surface area contributed by atoms with Crippen molar-refractivity contribution >= 4 is 16.5 Å². The minimum Gasteiger partial charge on any atom is -0.398 e. The van der Waals surface area contributed by atoms with E-state index in [1.165, 1.54) is 0 Å². The van der Waals surface area contributed by atoms with Gasteiger partial charge in [0.05, 0.1) is 33.1 Å². The number of nitriles is 1. The minimum atomic E-state index is -1.18. The van der Waals surface area contributed by atoms with Crippen molar-refractivity contribution in [3.63, 3.8) is 0 Å². The molecule has 1 atom stereocenters. The molecule has 2 aromatic carbocycles. The van der Waals surface area contributed by atoms with Gasteiger partial charge >= 0.3 is 0 Å². The highest BCUT2D eigenvalue weighted by atomic mass is 32.2. The SMILES string of the molecule is Cc1ccc(N)c(S(=O)Cc2ccc(C#N)cc2C)c1. The Kier molecular flexibility index (Phi) is 4.21. The molecule has 2 aromatic rings. The van der Waals surface area contributed by atoms with Gasteiger partial charge in [-0.2, -0.15) is 5.26 Å². The fraction of sp³-hybridized carbons (Fsp3) is 0.188. The van der Waals surface area contributed by atoms with E-state index in [-0.39, 0.29) is 0 Å². The second-order valence-electron chi connectivity index (χ2n) is 4.78. The molecule has 0 bridgehead atoms. The summed E-state index contributed by atoms with van der Waals surface area (Å²) in [5.74, 6) is 0.408. The fourth-order valence-corrected chi connectivity index (χ4v) is 3.40. The molecule has 0 aliphatic rings. The summed E-state index contributed by atoms with van der Waals surface area (Å²) in [5.41, 5.74) is 10.1. The Hall–Kier alpha value is -2.12. The number of aryl methyl sites for hydroxylation is 2. The molecule has 0 aliphatic heterocycles. The number of benzene rings is 2. The van der Waals surface area contributed by atoms with Crippen LogP contribution in [-0.4, -0.2) is 4.21 Å². The van der Waals surface area contributed by atoms with Gasteiger partial charge in [0.2, 0.25) is 0 Å². The second-order valence-corrected chi connectivity index (χ2v) is 6.20. The molecule has 2 N–H and O–H groups in total. The molecule has 4 heteroatoms. The van der Waals surface area contributed by atoms with Crippen molar-refractivity contribution in [1.82, 2.24) is 0 Å². The van der Waals surface area contributed by atoms with Crippen LogP contribution in [0.25, 0.3) is 0 Å². The molecule has 0 spiro atoms. The van der Waals surface area contributed by atoms with Crippen LogP contribution in [0.2, 0.25) is 0 Å². The quantitative estimate of drug-likeness (QED) is 0.881. The van der Waals surface area contributed by atoms with E-state index >= 15 is 0 Å². The number of hydrogen-bond donors (Lipinski definition) is 1. The minimum absolute atomic E-state index is 0.408. The molecule has 2 rings (SSSR count). The maximum absolute atomic E-state index is 12.5. The van der Waals surface area contributed by atoms with Crippen molar-refractivity contribution < 1.29 is 4.21 Å². The van der Waals surface area contributed by atoms with E-state index in [1.54, 1.807) is 12.1 Å². The van der Waals surface area contributed by atoms with Crippen LogP contribution in [0.1, 0.15) is 22.3 Å². The molecule has 0 aliphatic carbocycles. The smallest absolute Gasteiger partial charge is 0.0991 e. The van der Waals surface area contributed by atoms with E-state index in [0.29, 0.717) is 21.9 Å². The van der Waals surface area contributed by atoms with Gasteiger partial charge in [0, 0.05) is 5.69 Å². The normalized spacial score (nSPS) is 11.8. The van der Waals surface area contributed by atoms with Crippen molar-refractivity contribution in [1.29, 1.82) is 5.26 Å². The van der Waals surface area contributed by atoms with Gasteiger partial charge in [-0.25, -0.2) is 0 Å². The third kappa shape index (κ3) is 3.06. The first-order chi connectivity index (χ1) is 9.51. The van der Waals surface area contributed by atoms with Crippen molar-refractivity contribution in [2.45, 2.75) is 24.5 Å². The third-order valence-electron chi connectivity index (χ3n) is 3.17. The first kappa shape index (κ1) is 14.3. The van der Waals surface area contributed by atoms with Crippen molar-refractivity contribution in [3.8, 4) is 6.07 Å². The lowest BCUT2D eigenvalue weighted by atomic mass is 10.1. The standard InChI is InChI=1S/C16H16N2OS/c1-11-3-6-15(18)16(7-11)20(19)10-14-5-4-13(9-17)8-12(14)2/h3-8H,10,18H2,1-2H3. The van der Waals surface area contributed by atoms with E-state index < -0.39 is 10.8 Å². The summed E-state index contributed by atoms with van der Waals surface area (Å²) in [6.45, 7) is 3.88. The molecule has 0 amide bonds. The fourth-order valence-electron chi connectivity index (χ4n) is 1.99. The van der Waals surface area contributed by atoms with Gasteiger partial charge in [0.15, 0.2) is 0 Å². The van der Waals surface area contributed by atoms with E-state index in [4.69, 9.17) is 11.0 Å². The molecule has 102 valence electrons. The largest absolute Gasteiger partial charge is 0.398 e. The van der Waals surface area contributed by atoms with Gasteiger partial charge in [-0.15, -0.1) is 0 Å². The van der Waals surface area contributed by atoms with Gasteiger partial charge in [-0.05, 0) is 54.8 Å². The zero-order valence-corrected chi connectivity index (χ0v) is 12.3. The zero-order valence-electron chi connectivity index (χ0n) is 11.5. The molecular weight excluding hydrogens is 268 g/mol. The van der Waals surface area contributed by atoms with Crippen molar-refractivity contribution in [2.75, 3.05) is 5.73 Å². The van der Waals surface area contributed by atoms with Crippen LogP contribution in [-0.2, 0) is 16.6 Å². The highest BCUT2D eigenvalue weighted by Gasteiger charge is 2.11. The molecule has 1 unspecified atom stereocenters. The van der Waals surface area contributed by atoms with Crippen molar-refractivity contribution in [2.24, 2.45) is 0 Å². The van der Waals surface area contributed by atoms with E-state index in [2.05, 4.69) is 6.07 Å². The number of rotatable bonds is 3. The number of nitrogens with two attached hydrogens (primary N) is 1. The van der Waals surface area contributed by atoms with Gasteiger partial charge < -0.3 is 5.73 Å². The van der Waals surface area contributed by atoms with Gasteiger partial charge in [-0.3, -0.25) is 4.21 Å². The highest BCUT2D eigenvalue weighted by Crippen LogP contribution is 2.22. The zero-order chi connectivity index (χ0) is 14.7. The van der Waals surface area contributed by atoms with Crippen LogP contribution < -0.4 is 5.73 Å². The average Bonchev–Trinajstić information content (AvgIpc) is 2.43. The topological polar surface area (TPSA) is 66.9 Å². The Labute approximate surface area is 121 Å². The summed E-state index contributed by atoms with van der Waals surface area (Å²) in [5, 5.41) is 8.85. The number of nitrogens with zero attached hydrogens (tertiary/aromatic N) is 1. The van der Waals surface area contributed by atoms with Gasteiger partial charge in [0.1, 0.15) is 0 Å². The Bertz CT molecular complexity index is 717. The number of anilines is 1. The van der Waals surface area contributed by atoms with E-state index in [1.807, 2.05) is 38.1 Å². The van der Waals surface area contributed by atoms with Crippen LogP contribution in [0.4, 0.5) is 5.69 Å². The molecule has 0 radical (unpaired) electrons. The van der Waals surface area contributed by atoms with Crippen LogP contribution >= 0.6 is 0 Å². The molecule has 20 heavy (non-hydrogen) atoms. The summed E-state index contributed by atoms with van der Waals surface area (Å²) in [7, 11) is -1.18. The summed E-state index contributed by atoms with van der Waals surface area (Å²) in [6.07, 6.45) is 0. The molecule has 0 saturated carbocycles. The van der Waals surface area contributed by atoms with Gasteiger partial charge in [0.25, 0.3) is 0 Å². The maximum Gasteiger partial charge on any atom is 0.0991 e. The summed E-state index contributed by atoms with van der Waals surface area (Å²) >= 11 is 0. The maximum atomic E-state index is 12.5. The van der Waals surface area contributed by atoms with Gasteiger partial charge in [-0.1, -0.05) is 12.1 Å². The van der Waals surface area contributed by atoms with Crippen LogP contribution in [0.15, 0.2) is 41.3 Å². The average molecular weight is 284 g/mol. The summed E-state index contributed by atoms with van der Waals surface area (Å²) < 4.78 is 12.5. The lowest BCUT2D eigenvalue weighted by molar-refractivity contribution is 0.682. The lowest BCUT2D eigenvalue weighted by Crippen LogP contribution is -2.02. The van der Waals surface area contributed by atoms with Crippen molar-refractivity contribution in [3.05, 3.63) is 58.7 Å². The molecule has 0 heterocycles. The summed E-state index contributed by atoms with van der Waals surface area (Å²) in [6, 6.07) is 13.1. The highest BCUT2D eigenvalue weighted by molar-refractivity contribution is 7.84. The Morgan fingerprint density at radius 2 is 1.95 bits per heavy atom. The number of nitrogen functional groups attached to an aromatic ring is 1. The first-order valence-corrected chi connectivity index (χ1v) is 7.57. The first-order valence-electron chi connectivity index (χ1n) is 6.25. The van der Waals surface area contributed by atoms with Crippen LogP contribution in [0.3, 0.4) is 0 Å². The van der Waals surface area contributed by atoms with E-state index in [9.17, 15) is 4.21 Å². The molecular formula is C16H16N2OS. The molecule has 3 nitrogen and oxygen atoms in total. The Morgan fingerprint density at radius 3 is 2.60 bits per heavy atom. The third-order valence-corrected chi connectivity index (χ3v) is 4.59. The van der Waals surface area contributed by atoms with E-state index in [0.717, 1.165) is 16.7 Å². The molecule has 0 aromatic heterocycles. The lowest BCUT2D eigenvalue weighted by Gasteiger charge is -2.09.